The molecule has 25 heavy (non-hydrogen) atoms. The molecule has 3 rings (SSSR count). The van der Waals surface area contributed by atoms with Gasteiger partial charge in [-0.3, -0.25) is 4.90 Å². The monoisotopic (exact) mass is 381 g/mol. The van der Waals surface area contributed by atoms with E-state index in [2.05, 4.69) is 22.2 Å². The highest BCUT2D eigenvalue weighted by atomic mass is 32.2. The lowest BCUT2D eigenvalue weighted by molar-refractivity contribution is 0.180. The van der Waals surface area contributed by atoms with Gasteiger partial charge in [0.05, 0.1) is 22.7 Å². The largest absolute Gasteiger partial charge is 0.497 e. The molecule has 1 aromatic heterocycles. The SMILES string of the molecule is CCc1nc(CN2CCN(S(=O)(=O)c3ccc(OC)cc3)CC2)cs1. The Hall–Kier alpha value is -1.48. The number of sulfonamides is 1. The van der Waals surface area contributed by atoms with E-state index in [9.17, 15) is 8.42 Å². The number of aryl methyl sites for hydroxylation is 1. The standard InChI is InChI=1S/C17H23N3O3S2/c1-3-17-18-14(13-24-17)12-19-8-10-20(11-9-19)25(21,22)16-6-4-15(23-2)5-7-16/h4-7,13H,3,8-12H2,1-2H3. The Balaban J connectivity index is 1.60. The molecular weight excluding hydrogens is 358 g/mol. The van der Waals surface area contributed by atoms with Crippen LogP contribution in [0.25, 0.3) is 0 Å². The summed E-state index contributed by atoms with van der Waals surface area (Å²) in [5.41, 5.74) is 1.08. The molecule has 6 nitrogen and oxygen atoms in total. The van der Waals surface area contributed by atoms with E-state index < -0.39 is 10.0 Å². The molecule has 0 unspecified atom stereocenters. The van der Waals surface area contributed by atoms with Gasteiger partial charge in [-0.2, -0.15) is 4.31 Å². The summed E-state index contributed by atoms with van der Waals surface area (Å²) in [4.78, 5) is 7.16. The quantitative estimate of drug-likeness (QED) is 0.768. The third-order valence-electron chi connectivity index (χ3n) is 4.32. The van der Waals surface area contributed by atoms with Crippen molar-refractivity contribution in [2.45, 2.75) is 24.8 Å². The molecule has 1 fully saturated rings. The third-order valence-corrected chi connectivity index (χ3v) is 7.27. The Bertz CT molecular complexity index is 795. The van der Waals surface area contributed by atoms with Crippen molar-refractivity contribution in [2.75, 3.05) is 33.3 Å². The highest BCUT2D eigenvalue weighted by Gasteiger charge is 2.28. The van der Waals surface area contributed by atoms with Gasteiger partial charge < -0.3 is 4.74 Å². The summed E-state index contributed by atoms with van der Waals surface area (Å²) in [7, 11) is -1.88. The zero-order valence-corrected chi connectivity index (χ0v) is 16.1. The Morgan fingerprint density at radius 1 is 1.16 bits per heavy atom. The number of hydrogen-bond donors (Lipinski definition) is 0. The minimum absolute atomic E-state index is 0.314. The van der Waals surface area contributed by atoms with Crippen LogP contribution in [0.2, 0.25) is 0 Å². The molecule has 0 amide bonds. The maximum absolute atomic E-state index is 12.7. The molecule has 0 saturated carbocycles. The second-order valence-corrected chi connectivity index (χ2v) is 8.82. The van der Waals surface area contributed by atoms with Crippen LogP contribution in [0, 0.1) is 0 Å². The number of ether oxygens (including phenoxy) is 1. The number of thiazole rings is 1. The fourth-order valence-corrected chi connectivity index (χ4v) is 5.00. The molecule has 1 aliphatic heterocycles. The topological polar surface area (TPSA) is 62.7 Å². The van der Waals surface area contributed by atoms with Gasteiger partial charge in [-0.25, -0.2) is 13.4 Å². The van der Waals surface area contributed by atoms with Crippen LogP contribution in [-0.4, -0.2) is 55.9 Å². The van der Waals surface area contributed by atoms with Crippen LogP contribution in [0.15, 0.2) is 34.5 Å². The average molecular weight is 382 g/mol. The van der Waals surface area contributed by atoms with Gasteiger partial charge >= 0.3 is 0 Å². The average Bonchev–Trinajstić information content (AvgIpc) is 3.10. The van der Waals surface area contributed by atoms with Crippen LogP contribution in [0.5, 0.6) is 5.75 Å². The van der Waals surface area contributed by atoms with E-state index in [1.54, 1.807) is 47.0 Å². The molecule has 2 heterocycles. The van der Waals surface area contributed by atoms with Crippen molar-refractivity contribution in [1.29, 1.82) is 0 Å². The molecule has 0 aliphatic carbocycles. The van der Waals surface area contributed by atoms with E-state index >= 15 is 0 Å². The molecule has 0 atom stereocenters. The Morgan fingerprint density at radius 2 is 1.84 bits per heavy atom. The van der Waals surface area contributed by atoms with Crippen molar-refractivity contribution in [1.82, 2.24) is 14.2 Å². The van der Waals surface area contributed by atoms with Crippen molar-refractivity contribution in [2.24, 2.45) is 0 Å². The van der Waals surface area contributed by atoms with E-state index in [1.807, 2.05) is 0 Å². The van der Waals surface area contributed by atoms with Crippen LogP contribution in [0.1, 0.15) is 17.6 Å². The third kappa shape index (κ3) is 4.20. The summed E-state index contributed by atoms with van der Waals surface area (Å²) in [5, 5.41) is 3.25. The van der Waals surface area contributed by atoms with Crippen LogP contribution >= 0.6 is 11.3 Å². The lowest BCUT2D eigenvalue weighted by Crippen LogP contribution is -2.48. The van der Waals surface area contributed by atoms with Crippen LogP contribution in [0.3, 0.4) is 0 Å². The zero-order valence-electron chi connectivity index (χ0n) is 14.5. The molecule has 2 aromatic rings. The maximum atomic E-state index is 12.7. The van der Waals surface area contributed by atoms with Crippen molar-refractivity contribution in [3.05, 3.63) is 40.3 Å². The molecular formula is C17H23N3O3S2. The fourth-order valence-electron chi connectivity index (χ4n) is 2.84. The Labute approximate surface area is 153 Å². The van der Waals surface area contributed by atoms with Crippen LogP contribution in [-0.2, 0) is 23.0 Å². The van der Waals surface area contributed by atoms with Gasteiger partial charge in [0, 0.05) is 38.1 Å². The van der Waals surface area contributed by atoms with Gasteiger partial charge in [-0.15, -0.1) is 11.3 Å². The lowest BCUT2D eigenvalue weighted by Gasteiger charge is -2.33. The number of piperazine rings is 1. The van der Waals surface area contributed by atoms with E-state index in [0.29, 0.717) is 36.8 Å². The summed E-state index contributed by atoms with van der Waals surface area (Å²) in [6.07, 6.45) is 0.957. The minimum atomic E-state index is -3.45. The molecule has 0 spiro atoms. The first kappa shape index (κ1) is 18.3. The first-order valence-electron chi connectivity index (χ1n) is 8.32. The smallest absolute Gasteiger partial charge is 0.243 e. The van der Waals surface area contributed by atoms with Gasteiger partial charge in [0.15, 0.2) is 0 Å². The Morgan fingerprint density at radius 3 is 2.40 bits per heavy atom. The van der Waals surface area contributed by atoms with Crippen molar-refractivity contribution >= 4 is 21.4 Å². The first-order chi connectivity index (χ1) is 12.0. The minimum Gasteiger partial charge on any atom is -0.497 e. The molecule has 136 valence electrons. The summed E-state index contributed by atoms with van der Waals surface area (Å²) >= 11 is 1.69. The first-order valence-corrected chi connectivity index (χ1v) is 10.6. The van der Waals surface area contributed by atoms with Crippen molar-refractivity contribution < 1.29 is 13.2 Å². The molecule has 0 bridgehead atoms. The normalized spacial score (nSPS) is 16.9. The van der Waals surface area contributed by atoms with E-state index in [-0.39, 0.29) is 0 Å². The van der Waals surface area contributed by atoms with E-state index in [4.69, 9.17) is 4.74 Å². The predicted octanol–water partition coefficient (Wildman–Crippen LogP) is 2.22. The van der Waals surface area contributed by atoms with Gasteiger partial charge in [-0.05, 0) is 30.7 Å². The highest BCUT2D eigenvalue weighted by Crippen LogP contribution is 2.21. The Kier molecular flexibility index (Phi) is 5.73. The molecule has 0 N–H and O–H groups in total. The number of nitrogens with zero attached hydrogens (tertiary/aromatic N) is 3. The van der Waals surface area contributed by atoms with Gasteiger partial charge in [0.25, 0.3) is 0 Å². The summed E-state index contributed by atoms with van der Waals surface area (Å²) in [6, 6.07) is 6.55. The molecule has 1 saturated heterocycles. The van der Waals surface area contributed by atoms with E-state index in [0.717, 1.165) is 23.7 Å². The lowest BCUT2D eigenvalue weighted by atomic mass is 10.3. The van der Waals surface area contributed by atoms with Crippen molar-refractivity contribution in [3.63, 3.8) is 0 Å². The number of hydrogen-bond acceptors (Lipinski definition) is 6. The number of methoxy groups -OCH3 is 1. The van der Waals surface area contributed by atoms with Gasteiger partial charge in [-0.1, -0.05) is 6.92 Å². The van der Waals surface area contributed by atoms with Gasteiger partial charge in [0.2, 0.25) is 10.0 Å². The zero-order chi connectivity index (χ0) is 17.9. The van der Waals surface area contributed by atoms with E-state index in [1.165, 1.54) is 0 Å². The fraction of sp³-hybridized carbons (Fsp3) is 0.471. The maximum Gasteiger partial charge on any atom is 0.243 e. The van der Waals surface area contributed by atoms with Crippen molar-refractivity contribution in [3.8, 4) is 5.75 Å². The number of benzene rings is 1. The second kappa shape index (κ2) is 7.82. The predicted molar refractivity (Wildman–Crippen MR) is 98.5 cm³/mol. The van der Waals surface area contributed by atoms with Crippen LogP contribution < -0.4 is 4.74 Å². The molecule has 0 radical (unpaired) electrons. The molecule has 8 heteroatoms. The molecule has 1 aromatic carbocycles. The second-order valence-electron chi connectivity index (χ2n) is 5.94. The van der Waals surface area contributed by atoms with Crippen LogP contribution in [0.4, 0.5) is 0 Å². The number of aromatic nitrogens is 1. The highest BCUT2D eigenvalue weighted by molar-refractivity contribution is 7.89. The summed E-state index contributed by atoms with van der Waals surface area (Å²) in [5.74, 6) is 0.651. The summed E-state index contributed by atoms with van der Waals surface area (Å²) < 4.78 is 32.1. The summed E-state index contributed by atoms with van der Waals surface area (Å²) in [6.45, 7) is 5.32. The van der Waals surface area contributed by atoms with Gasteiger partial charge in [0.1, 0.15) is 5.75 Å². The number of rotatable bonds is 6. The molecule has 1 aliphatic rings.